The molecule has 0 fully saturated rings. The number of furan rings is 1. The number of fused-ring (bicyclic) bond motifs is 3. The average Bonchev–Trinajstić information content (AvgIpc) is 2.74. The van der Waals surface area contributed by atoms with E-state index in [4.69, 9.17) is 4.42 Å². The summed E-state index contributed by atoms with van der Waals surface area (Å²) in [6, 6.07) is 13.2. The molecular formula is C17H19NO. The number of nitrogens with one attached hydrogen (secondary N) is 1. The molecule has 2 aromatic carbocycles. The first-order valence-electron chi connectivity index (χ1n) is 6.80. The zero-order chi connectivity index (χ0) is 13.4. The maximum Gasteiger partial charge on any atom is 0.142 e. The Bertz CT molecular complexity index is 725. The van der Waals surface area contributed by atoms with Crippen molar-refractivity contribution in [2.24, 2.45) is 0 Å². The third-order valence-electron chi connectivity index (χ3n) is 3.60. The van der Waals surface area contributed by atoms with Crippen molar-refractivity contribution in [2.75, 3.05) is 0 Å². The van der Waals surface area contributed by atoms with Crippen molar-refractivity contribution in [1.82, 2.24) is 5.32 Å². The van der Waals surface area contributed by atoms with E-state index < -0.39 is 0 Å². The van der Waals surface area contributed by atoms with Crippen molar-refractivity contribution in [3.63, 3.8) is 0 Å². The van der Waals surface area contributed by atoms with Gasteiger partial charge in [0, 0.05) is 16.8 Å². The average molecular weight is 253 g/mol. The van der Waals surface area contributed by atoms with E-state index in [0.717, 1.165) is 17.9 Å². The van der Waals surface area contributed by atoms with Crippen LogP contribution in [0.15, 0.2) is 40.8 Å². The summed E-state index contributed by atoms with van der Waals surface area (Å²) in [5.41, 5.74) is 2.25. The van der Waals surface area contributed by atoms with Gasteiger partial charge >= 0.3 is 0 Å². The Labute approximate surface area is 113 Å². The van der Waals surface area contributed by atoms with E-state index >= 15 is 0 Å². The largest absolute Gasteiger partial charge is 0.459 e. The standard InChI is InChI=1S/C17H19NO/c1-11(2)18-10-16-12(3)14-9-8-13-6-4-5-7-15(13)17(14)19-16/h4-9,11,18H,10H2,1-3H3. The molecule has 19 heavy (non-hydrogen) atoms. The SMILES string of the molecule is Cc1c(CNC(C)C)oc2c1ccc1ccccc12. The smallest absolute Gasteiger partial charge is 0.142 e. The summed E-state index contributed by atoms with van der Waals surface area (Å²) >= 11 is 0. The molecule has 98 valence electrons. The highest BCUT2D eigenvalue weighted by Gasteiger charge is 2.12. The highest BCUT2D eigenvalue weighted by atomic mass is 16.3. The molecule has 0 saturated heterocycles. The van der Waals surface area contributed by atoms with Crippen LogP contribution < -0.4 is 5.32 Å². The zero-order valence-electron chi connectivity index (χ0n) is 11.7. The Kier molecular flexibility index (Phi) is 3.03. The van der Waals surface area contributed by atoms with Gasteiger partial charge in [0.25, 0.3) is 0 Å². The summed E-state index contributed by atoms with van der Waals surface area (Å²) in [5.74, 6) is 1.04. The van der Waals surface area contributed by atoms with Gasteiger partial charge in [-0.15, -0.1) is 0 Å². The van der Waals surface area contributed by atoms with Crippen LogP contribution in [0, 0.1) is 6.92 Å². The van der Waals surface area contributed by atoms with E-state index in [2.05, 4.69) is 62.5 Å². The topological polar surface area (TPSA) is 25.2 Å². The van der Waals surface area contributed by atoms with E-state index in [1.165, 1.54) is 21.7 Å². The molecule has 0 atom stereocenters. The summed E-state index contributed by atoms with van der Waals surface area (Å²) < 4.78 is 6.10. The van der Waals surface area contributed by atoms with Gasteiger partial charge in [-0.25, -0.2) is 0 Å². The van der Waals surface area contributed by atoms with Crippen LogP contribution in [-0.4, -0.2) is 6.04 Å². The van der Waals surface area contributed by atoms with Gasteiger partial charge in [-0.05, 0) is 17.9 Å². The molecule has 1 N–H and O–H groups in total. The van der Waals surface area contributed by atoms with Crippen LogP contribution in [0.4, 0.5) is 0 Å². The van der Waals surface area contributed by atoms with Crippen LogP contribution in [0.3, 0.4) is 0 Å². The van der Waals surface area contributed by atoms with Crippen LogP contribution in [0.2, 0.25) is 0 Å². The lowest BCUT2D eigenvalue weighted by molar-refractivity contribution is 0.486. The monoisotopic (exact) mass is 253 g/mol. The number of benzene rings is 2. The third kappa shape index (κ3) is 2.13. The second kappa shape index (κ2) is 4.71. The molecule has 3 aromatic rings. The van der Waals surface area contributed by atoms with Gasteiger partial charge in [-0.1, -0.05) is 50.2 Å². The van der Waals surface area contributed by atoms with E-state index in [0.29, 0.717) is 6.04 Å². The van der Waals surface area contributed by atoms with E-state index in [9.17, 15) is 0 Å². The van der Waals surface area contributed by atoms with Crippen molar-refractivity contribution >= 4 is 21.7 Å². The molecule has 2 heteroatoms. The molecule has 0 radical (unpaired) electrons. The van der Waals surface area contributed by atoms with Gasteiger partial charge in [0.2, 0.25) is 0 Å². The van der Waals surface area contributed by atoms with Gasteiger partial charge in [-0.3, -0.25) is 0 Å². The zero-order valence-corrected chi connectivity index (χ0v) is 11.7. The number of hydrogen-bond donors (Lipinski definition) is 1. The van der Waals surface area contributed by atoms with Crippen molar-refractivity contribution < 1.29 is 4.42 Å². The van der Waals surface area contributed by atoms with Crippen molar-refractivity contribution in [3.05, 3.63) is 47.7 Å². The summed E-state index contributed by atoms with van der Waals surface area (Å²) in [6.07, 6.45) is 0. The highest BCUT2D eigenvalue weighted by Crippen LogP contribution is 2.31. The lowest BCUT2D eigenvalue weighted by atomic mass is 10.1. The number of aryl methyl sites for hydroxylation is 1. The Balaban J connectivity index is 2.16. The summed E-state index contributed by atoms with van der Waals surface area (Å²) in [6.45, 7) is 7.21. The molecule has 1 heterocycles. The minimum Gasteiger partial charge on any atom is -0.459 e. The van der Waals surface area contributed by atoms with Crippen LogP contribution in [0.25, 0.3) is 21.7 Å². The maximum absolute atomic E-state index is 6.10. The summed E-state index contributed by atoms with van der Waals surface area (Å²) in [7, 11) is 0. The first-order chi connectivity index (χ1) is 9.16. The van der Waals surface area contributed by atoms with E-state index in [-0.39, 0.29) is 0 Å². The van der Waals surface area contributed by atoms with Crippen LogP contribution >= 0.6 is 0 Å². The van der Waals surface area contributed by atoms with Crippen molar-refractivity contribution in [3.8, 4) is 0 Å². The first kappa shape index (κ1) is 12.2. The third-order valence-corrected chi connectivity index (χ3v) is 3.60. The summed E-state index contributed by atoms with van der Waals surface area (Å²) in [4.78, 5) is 0. The molecule has 0 aliphatic carbocycles. The van der Waals surface area contributed by atoms with Gasteiger partial charge in [0.1, 0.15) is 11.3 Å². The first-order valence-corrected chi connectivity index (χ1v) is 6.80. The van der Waals surface area contributed by atoms with Gasteiger partial charge < -0.3 is 9.73 Å². The molecule has 1 aromatic heterocycles. The highest BCUT2D eigenvalue weighted by molar-refractivity contribution is 6.05. The predicted octanol–water partition coefficient (Wildman–Crippen LogP) is 4.39. The number of rotatable bonds is 3. The van der Waals surface area contributed by atoms with Crippen LogP contribution in [0.5, 0.6) is 0 Å². The molecule has 0 aliphatic rings. The minimum atomic E-state index is 0.462. The van der Waals surface area contributed by atoms with Gasteiger partial charge in [-0.2, -0.15) is 0 Å². The van der Waals surface area contributed by atoms with Crippen molar-refractivity contribution in [2.45, 2.75) is 33.4 Å². The molecule has 0 saturated carbocycles. The second-order valence-electron chi connectivity index (χ2n) is 5.35. The number of hydrogen-bond acceptors (Lipinski definition) is 2. The Morgan fingerprint density at radius 2 is 1.84 bits per heavy atom. The maximum atomic E-state index is 6.10. The lowest BCUT2D eigenvalue weighted by Crippen LogP contribution is -2.21. The minimum absolute atomic E-state index is 0.462. The van der Waals surface area contributed by atoms with Crippen molar-refractivity contribution in [1.29, 1.82) is 0 Å². The Hall–Kier alpha value is -1.80. The van der Waals surface area contributed by atoms with E-state index in [1.807, 2.05) is 0 Å². The molecule has 0 amide bonds. The molecule has 0 aliphatic heterocycles. The fourth-order valence-electron chi connectivity index (χ4n) is 2.46. The molecule has 0 unspecified atom stereocenters. The molecule has 3 rings (SSSR count). The van der Waals surface area contributed by atoms with E-state index in [1.54, 1.807) is 0 Å². The fraction of sp³-hybridized carbons (Fsp3) is 0.294. The summed E-state index contributed by atoms with van der Waals surface area (Å²) in [5, 5.41) is 7.06. The second-order valence-corrected chi connectivity index (χ2v) is 5.35. The quantitative estimate of drug-likeness (QED) is 0.748. The predicted molar refractivity (Wildman–Crippen MR) is 80.4 cm³/mol. The van der Waals surface area contributed by atoms with Crippen LogP contribution in [0.1, 0.15) is 25.2 Å². The molecule has 2 nitrogen and oxygen atoms in total. The van der Waals surface area contributed by atoms with Gasteiger partial charge in [0.05, 0.1) is 6.54 Å². The molecule has 0 spiro atoms. The van der Waals surface area contributed by atoms with Gasteiger partial charge in [0.15, 0.2) is 0 Å². The Morgan fingerprint density at radius 1 is 1.05 bits per heavy atom. The molecule has 0 bridgehead atoms. The lowest BCUT2D eigenvalue weighted by Gasteiger charge is -2.05. The van der Waals surface area contributed by atoms with Crippen LogP contribution in [-0.2, 0) is 6.54 Å². The fourth-order valence-corrected chi connectivity index (χ4v) is 2.46. The molecular weight excluding hydrogens is 234 g/mol. The normalized spacial score (nSPS) is 11.8. The Morgan fingerprint density at radius 3 is 2.63 bits per heavy atom.